The highest BCUT2D eigenvalue weighted by atomic mass is 32.2. The van der Waals surface area contributed by atoms with Gasteiger partial charge in [-0.2, -0.15) is 0 Å². The van der Waals surface area contributed by atoms with Crippen molar-refractivity contribution in [2.75, 3.05) is 12.3 Å². The van der Waals surface area contributed by atoms with Crippen LogP contribution in [0.2, 0.25) is 0 Å². The lowest BCUT2D eigenvalue weighted by Gasteiger charge is -2.41. The van der Waals surface area contributed by atoms with E-state index in [0.29, 0.717) is 32.2 Å². The van der Waals surface area contributed by atoms with Gasteiger partial charge in [-0.3, -0.25) is 19.2 Å². The van der Waals surface area contributed by atoms with E-state index in [1.165, 1.54) is 0 Å². The molecule has 4 aliphatic rings. The number of urea groups is 1. The zero-order valence-corrected chi connectivity index (χ0v) is 31.5. The average Bonchev–Trinajstić information content (AvgIpc) is 3.81. The monoisotopic (exact) mass is 692 g/mol. The van der Waals surface area contributed by atoms with E-state index < -0.39 is 73.1 Å². The molecule has 4 fully saturated rings. The van der Waals surface area contributed by atoms with E-state index in [1.54, 1.807) is 25.7 Å². The fourth-order valence-corrected chi connectivity index (χ4v) is 9.36. The van der Waals surface area contributed by atoms with Crippen LogP contribution in [0.25, 0.3) is 0 Å². The average molecular weight is 693 g/mol. The number of nitrogens with one attached hydrogen (secondary N) is 3. The van der Waals surface area contributed by atoms with Crippen LogP contribution in [0, 0.1) is 28.6 Å². The van der Waals surface area contributed by atoms with Crippen LogP contribution < -0.4 is 16.0 Å². The Morgan fingerprint density at radius 1 is 0.917 bits per heavy atom. The lowest BCUT2D eigenvalue weighted by Crippen LogP contribution is -2.64. The van der Waals surface area contributed by atoms with Gasteiger partial charge in [-0.15, -0.1) is 0 Å². The predicted molar refractivity (Wildman–Crippen MR) is 185 cm³/mol. The molecule has 0 aromatic carbocycles. The number of Topliss-reactive ketones (excluding diaryl/α,β-unsaturated/α-hetero) is 2. The summed E-state index contributed by atoms with van der Waals surface area (Å²) in [4.78, 5) is 69.6. The third-order valence-corrected chi connectivity index (χ3v) is 14.2. The number of likely N-dealkylation sites (tertiary alicyclic amines) is 1. The standard InChI is InChI=1S/C36H60N4O7S/c1-10-14-24(28(42)25(41)19-22-15-16-22)37-30(43)27-26-23(35(26,8)9)20-40(27)31(44)29(33(2,3)4)38-32(45)39-36(17-12-11-13-18-36)21-48(46,47)34(5,6)7/h22-24,26-27,29H,10-21H2,1-9H3,(H,37,43)(H2,38,39,45)/t23-,24-,26-,27-,29+/m0/s1. The molecule has 5 atom stereocenters. The van der Waals surface area contributed by atoms with Gasteiger partial charge in [0.1, 0.15) is 12.1 Å². The van der Waals surface area contributed by atoms with Crippen LogP contribution in [-0.2, 0) is 29.0 Å². The predicted octanol–water partition coefficient (Wildman–Crippen LogP) is 4.32. The topological polar surface area (TPSA) is 159 Å². The maximum Gasteiger partial charge on any atom is 0.315 e. The number of rotatable bonds is 13. The number of hydrogen-bond donors (Lipinski definition) is 3. The Labute approximate surface area is 287 Å². The number of carbonyl (C=O) groups is 5. The molecule has 1 saturated heterocycles. The van der Waals surface area contributed by atoms with Gasteiger partial charge in [0.2, 0.25) is 23.4 Å². The summed E-state index contributed by atoms with van der Waals surface area (Å²) in [5, 5.41) is 8.76. The number of amides is 4. The first kappa shape index (κ1) is 38.3. The van der Waals surface area contributed by atoms with Gasteiger partial charge in [0.05, 0.1) is 22.1 Å². The van der Waals surface area contributed by atoms with Gasteiger partial charge in [-0.05, 0) is 81.5 Å². The Hall–Kier alpha value is -2.50. The van der Waals surface area contributed by atoms with Crippen molar-refractivity contribution in [3.05, 3.63) is 0 Å². The molecule has 48 heavy (non-hydrogen) atoms. The molecule has 0 unspecified atom stereocenters. The van der Waals surface area contributed by atoms with E-state index in [-0.39, 0.29) is 35.3 Å². The Balaban J connectivity index is 1.54. The molecule has 0 aromatic heterocycles. The Bertz CT molecular complexity index is 1380. The van der Waals surface area contributed by atoms with E-state index in [2.05, 4.69) is 29.8 Å². The summed E-state index contributed by atoms with van der Waals surface area (Å²) in [5.41, 5.74) is -1.87. The second-order valence-electron chi connectivity index (χ2n) is 17.8. The van der Waals surface area contributed by atoms with Crippen molar-refractivity contribution in [2.24, 2.45) is 28.6 Å². The zero-order chi connectivity index (χ0) is 36.0. The summed E-state index contributed by atoms with van der Waals surface area (Å²) < 4.78 is 25.6. The summed E-state index contributed by atoms with van der Waals surface area (Å²) in [6.45, 7) is 16.9. The maximum atomic E-state index is 14.4. The maximum absolute atomic E-state index is 14.4. The molecule has 4 rings (SSSR count). The second kappa shape index (κ2) is 13.7. The summed E-state index contributed by atoms with van der Waals surface area (Å²) >= 11 is 0. The first-order valence-electron chi connectivity index (χ1n) is 18.0. The highest BCUT2D eigenvalue weighted by Crippen LogP contribution is 2.65. The van der Waals surface area contributed by atoms with E-state index in [1.807, 2.05) is 27.7 Å². The largest absolute Gasteiger partial charge is 0.344 e. The van der Waals surface area contributed by atoms with E-state index in [0.717, 1.165) is 32.1 Å². The number of hydrogen-bond acceptors (Lipinski definition) is 7. The van der Waals surface area contributed by atoms with Gasteiger partial charge < -0.3 is 20.9 Å². The van der Waals surface area contributed by atoms with Crippen LogP contribution >= 0.6 is 0 Å². The Morgan fingerprint density at radius 2 is 1.52 bits per heavy atom. The SMILES string of the molecule is CCC[C@H](NC(=O)[C@@H]1[C@@H]2[C@H](CN1C(=O)[C@@H](NC(=O)NC1(CS(=O)(=O)C(C)(C)C)CCCCC1)C(C)(C)C)C2(C)C)C(=O)C(=O)CC1CC1. The van der Waals surface area contributed by atoms with Gasteiger partial charge in [0.25, 0.3) is 0 Å². The van der Waals surface area contributed by atoms with Crippen molar-refractivity contribution in [3.8, 4) is 0 Å². The van der Waals surface area contributed by atoms with Gasteiger partial charge in [0, 0.05) is 13.0 Å². The zero-order valence-electron chi connectivity index (χ0n) is 30.7. The van der Waals surface area contributed by atoms with Gasteiger partial charge in [-0.1, -0.05) is 67.2 Å². The molecular formula is C36H60N4O7S. The third kappa shape index (κ3) is 8.27. The first-order valence-corrected chi connectivity index (χ1v) is 19.7. The van der Waals surface area contributed by atoms with Crippen molar-refractivity contribution in [2.45, 2.75) is 155 Å². The number of fused-ring (bicyclic) bond motifs is 1. The highest BCUT2D eigenvalue weighted by Gasteiger charge is 2.70. The molecule has 3 saturated carbocycles. The Morgan fingerprint density at radius 3 is 2.04 bits per heavy atom. The van der Waals surface area contributed by atoms with Gasteiger partial charge in [-0.25, -0.2) is 13.2 Å². The van der Waals surface area contributed by atoms with Crippen LogP contribution in [0.4, 0.5) is 4.79 Å². The molecule has 3 N–H and O–H groups in total. The molecule has 1 aliphatic heterocycles. The van der Waals surface area contributed by atoms with E-state index in [4.69, 9.17) is 0 Å². The molecular weight excluding hydrogens is 632 g/mol. The number of ketones is 2. The highest BCUT2D eigenvalue weighted by molar-refractivity contribution is 7.92. The molecule has 3 aliphatic carbocycles. The summed E-state index contributed by atoms with van der Waals surface area (Å²) in [5.74, 6) is -1.84. The van der Waals surface area contributed by atoms with Gasteiger partial charge >= 0.3 is 6.03 Å². The smallest absolute Gasteiger partial charge is 0.315 e. The molecule has 11 nitrogen and oxygen atoms in total. The molecule has 0 aromatic rings. The Kier molecular flexibility index (Phi) is 10.9. The number of piperidine rings is 1. The lowest BCUT2D eigenvalue weighted by molar-refractivity contribution is -0.145. The van der Waals surface area contributed by atoms with Crippen LogP contribution in [0.3, 0.4) is 0 Å². The minimum absolute atomic E-state index is 0.0802. The molecule has 4 amide bonds. The third-order valence-electron chi connectivity index (χ3n) is 11.4. The van der Waals surface area contributed by atoms with Crippen molar-refractivity contribution >= 4 is 39.2 Å². The minimum Gasteiger partial charge on any atom is -0.344 e. The minimum atomic E-state index is -3.55. The molecule has 0 radical (unpaired) electrons. The summed E-state index contributed by atoms with van der Waals surface area (Å²) in [6, 6.07) is -3.41. The molecule has 12 heteroatoms. The van der Waals surface area contributed by atoms with E-state index in [9.17, 15) is 32.4 Å². The van der Waals surface area contributed by atoms with Crippen molar-refractivity contribution in [1.82, 2.24) is 20.9 Å². The fourth-order valence-electron chi connectivity index (χ4n) is 7.84. The first-order chi connectivity index (χ1) is 22.0. The van der Waals surface area contributed by atoms with Crippen LogP contribution in [0.15, 0.2) is 0 Å². The van der Waals surface area contributed by atoms with E-state index >= 15 is 0 Å². The fraction of sp³-hybridized carbons (Fsp3) is 0.861. The van der Waals surface area contributed by atoms with Crippen LogP contribution in [-0.4, -0.2) is 83.4 Å². The van der Waals surface area contributed by atoms with Gasteiger partial charge in [0.15, 0.2) is 9.84 Å². The second-order valence-corrected chi connectivity index (χ2v) is 20.5. The summed E-state index contributed by atoms with van der Waals surface area (Å²) in [7, 11) is -3.55. The molecule has 0 spiro atoms. The molecule has 1 heterocycles. The molecule has 272 valence electrons. The molecule has 0 bridgehead atoms. The number of carbonyl (C=O) groups excluding carboxylic acids is 5. The van der Waals surface area contributed by atoms with Crippen molar-refractivity contribution in [1.29, 1.82) is 0 Å². The summed E-state index contributed by atoms with van der Waals surface area (Å²) in [6.07, 6.45) is 6.62. The van der Waals surface area contributed by atoms with Crippen molar-refractivity contribution in [3.63, 3.8) is 0 Å². The number of nitrogens with zero attached hydrogens (tertiary/aromatic N) is 1. The quantitative estimate of drug-likeness (QED) is 0.243. The van der Waals surface area contributed by atoms with Crippen LogP contribution in [0.1, 0.15) is 127 Å². The van der Waals surface area contributed by atoms with Crippen molar-refractivity contribution < 1.29 is 32.4 Å². The van der Waals surface area contributed by atoms with Crippen LogP contribution in [0.5, 0.6) is 0 Å². The normalized spacial score (nSPS) is 26.1. The lowest BCUT2D eigenvalue weighted by atomic mass is 9.83. The number of sulfone groups is 1.